The van der Waals surface area contributed by atoms with Crippen LogP contribution in [0.4, 0.5) is 5.69 Å². The van der Waals surface area contributed by atoms with Crippen LogP contribution in [0, 0.1) is 0 Å². The molecule has 0 aromatic heterocycles. The van der Waals surface area contributed by atoms with Crippen LogP contribution in [0.2, 0.25) is 5.02 Å². The number of hydrogen-bond acceptors (Lipinski definition) is 4. The van der Waals surface area contributed by atoms with E-state index in [0.29, 0.717) is 33.5 Å². The summed E-state index contributed by atoms with van der Waals surface area (Å²) in [7, 11) is 3.13. The number of halogens is 1. The third kappa shape index (κ3) is 4.00. The quantitative estimate of drug-likeness (QED) is 0.537. The maximum Gasteiger partial charge on any atom is 0.263 e. The minimum atomic E-state index is -0.249. The Morgan fingerprint density at radius 3 is 2.32 bits per heavy atom. The Morgan fingerprint density at radius 1 is 0.935 bits per heavy atom. The van der Waals surface area contributed by atoms with Gasteiger partial charge in [0.25, 0.3) is 5.91 Å². The van der Waals surface area contributed by atoms with Crippen LogP contribution in [0.25, 0.3) is 11.8 Å². The highest BCUT2D eigenvalue weighted by Gasteiger charge is 2.32. The zero-order valence-electron chi connectivity index (χ0n) is 17.0. The predicted octanol–water partition coefficient (Wildman–Crippen LogP) is 5.53. The summed E-state index contributed by atoms with van der Waals surface area (Å²) in [6.45, 7) is 0. The molecule has 1 N–H and O–H groups in total. The summed E-state index contributed by atoms with van der Waals surface area (Å²) in [4.78, 5) is 14.9. The lowest BCUT2D eigenvalue weighted by molar-refractivity contribution is -0.113. The van der Waals surface area contributed by atoms with Crippen molar-refractivity contribution in [2.75, 3.05) is 19.1 Å². The Kier molecular flexibility index (Phi) is 5.69. The van der Waals surface area contributed by atoms with Crippen molar-refractivity contribution in [3.8, 4) is 17.2 Å². The minimum absolute atomic E-state index is 0.0167. The monoisotopic (exact) mass is 433 g/mol. The van der Waals surface area contributed by atoms with Crippen LogP contribution in [0.1, 0.15) is 11.1 Å². The molecule has 1 heterocycles. The van der Waals surface area contributed by atoms with Gasteiger partial charge in [0.15, 0.2) is 11.5 Å². The zero-order valence-corrected chi connectivity index (χ0v) is 17.8. The van der Waals surface area contributed by atoms with Crippen LogP contribution in [-0.4, -0.2) is 25.2 Å². The summed E-state index contributed by atoms with van der Waals surface area (Å²) in [6.07, 6.45) is 3.58. The van der Waals surface area contributed by atoms with Gasteiger partial charge in [-0.2, -0.15) is 0 Å². The number of para-hydroxylation sites is 2. The van der Waals surface area contributed by atoms with E-state index in [-0.39, 0.29) is 11.7 Å². The van der Waals surface area contributed by atoms with E-state index in [9.17, 15) is 9.90 Å². The maximum absolute atomic E-state index is 13.4. The second kappa shape index (κ2) is 8.58. The summed E-state index contributed by atoms with van der Waals surface area (Å²) in [5.41, 5.74) is 3.11. The average molecular weight is 434 g/mol. The molecule has 0 fully saturated rings. The molecule has 0 atom stereocenters. The molecule has 0 saturated heterocycles. The van der Waals surface area contributed by atoms with Gasteiger partial charge in [0.05, 0.1) is 25.6 Å². The summed E-state index contributed by atoms with van der Waals surface area (Å²) in [5, 5.41) is 11.0. The van der Waals surface area contributed by atoms with E-state index in [1.165, 1.54) is 4.90 Å². The lowest BCUT2D eigenvalue weighted by Crippen LogP contribution is -2.25. The molecule has 0 spiro atoms. The highest BCUT2D eigenvalue weighted by atomic mass is 35.5. The Labute approximate surface area is 185 Å². The van der Waals surface area contributed by atoms with E-state index in [0.717, 1.165) is 11.1 Å². The number of ether oxygens (including phenoxy) is 2. The number of benzene rings is 3. The SMILES string of the molecule is COc1ccc(/C=C2\C=C(c3ccc(Cl)cc3)N(c3ccccc3O)C2=O)cc1OC. The smallest absolute Gasteiger partial charge is 0.263 e. The zero-order chi connectivity index (χ0) is 22.0. The summed E-state index contributed by atoms with van der Waals surface area (Å²) in [6, 6.07) is 19.4. The molecule has 1 amide bonds. The van der Waals surface area contributed by atoms with Gasteiger partial charge in [0, 0.05) is 10.6 Å². The first-order chi connectivity index (χ1) is 15.0. The van der Waals surface area contributed by atoms with Crippen molar-refractivity contribution in [1.82, 2.24) is 0 Å². The number of anilines is 1. The number of carbonyl (C=O) groups excluding carboxylic acids is 1. The Bertz CT molecular complexity index is 1200. The van der Waals surface area contributed by atoms with Gasteiger partial charge in [0.1, 0.15) is 5.75 Å². The molecule has 0 unspecified atom stereocenters. The number of phenolic OH excluding ortho intramolecular Hbond substituents is 1. The van der Waals surface area contributed by atoms with Gasteiger partial charge < -0.3 is 14.6 Å². The molecule has 3 aromatic carbocycles. The second-order valence-corrected chi connectivity index (χ2v) is 7.32. The fourth-order valence-electron chi connectivity index (χ4n) is 3.46. The molecule has 1 aliphatic rings. The molecule has 0 bridgehead atoms. The van der Waals surface area contributed by atoms with Gasteiger partial charge in [-0.15, -0.1) is 0 Å². The number of carbonyl (C=O) groups is 1. The molecule has 4 rings (SSSR count). The van der Waals surface area contributed by atoms with Crippen molar-refractivity contribution in [3.63, 3.8) is 0 Å². The number of rotatable bonds is 5. The first-order valence-electron chi connectivity index (χ1n) is 9.55. The van der Waals surface area contributed by atoms with Gasteiger partial charge >= 0.3 is 0 Å². The van der Waals surface area contributed by atoms with Crippen molar-refractivity contribution in [3.05, 3.63) is 94.5 Å². The largest absolute Gasteiger partial charge is 0.506 e. The normalized spacial score (nSPS) is 14.7. The molecule has 0 radical (unpaired) electrons. The molecular formula is C25H20ClNO4. The van der Waals surface area contributed by atoms with Crippen LogP contribution >= 0.6 is 11.6 Å². The molecule has 156 valence electrons. The van der Waals surface area contributed by atoms with Crippen LogP contribution < -0.4 is 14.4 Å². The minimum Gasteiger partial charge on any atom is -0.506 e. The first kappa shape index (κ1) is 20.6. The van der Waals surface area contributed by atoms with Crippen LogP contribution in [0.5, 0.6) is 17.2 Å². The number of nitrogens with zero attached hydrogens (tertiary/aromatic N) is 1. The number of amides is 1. The average Bonchev–Trinajstić information content (AvgIpc) is 3.10. The van der Waals surface area contributed by atoms with Crippen molar-refractivity contribution in [2.45, 2.75) is 0 Å². The molecule has 31 heavy (non-hydrogen) atoms. The molecule has 5 nitrogen and oxygen atoms in total. The second-order valence-electron chi connectivity index (χ2n) is 6.88. The van der Waals surface area contributed by atoms with Gasteiger partial charge in [0.2, 0.25) is 0 Å². The van der Waals surface area contributed by atoms with Crippen LogP contribution in [0.15, 0.2) is 78.4 Å². The van der Waals surface area contributed by atoms with E-state index >= 15 is 0 Å². The van der Waals surface area contributed by atoms with E-state index in [4.69, 9.17) is 21.1 Å². The Morgan fingerprint density at radius 2 is 1.65 bits per heavy atom. The van der Waals surface area contributed by atoms with Gasteiger partial charge in [-0.3, -0.25) is 9.69 Å². The molecule has 0 saturated carbocycles. The number of hydrogen-bond donors (Lipinski definition) is 1. The maximum atomic E-state index is 13.4. The third-order valence-corrected chi connectivity index (χ3v) is 5.23. The topological polar surface area (TPSA) is 59.0 Å². The van der Waals surface area contributed by atoms with Crippen molar-refractivity contribution < 1.29 is 19.4 Å². The van der Waals surface area contributed by atoms with Crippen molar-refractivity contribution in [1.29, 1.82) is 0 Å². The van der Waals surface area contributed by atoms with Crippen molar-refractivity contribution >= 4 is 35.0 Å². The van der Waals surface area contributed by atoms with Gasteiger partial charge in [-0.05, 0) is 59.7 Å². The van der Waals surface area contributed by atoms with Gasteiger partial charge in [-0.25, -0.2) is 0 Å². The summed E-state index contributed by atoms with van der Waals surface area (Å²) in [5.74, 6) is 0.946. The fourth-order valence-corrected chi connectivity index (χ4v) is 3.59. The summed E-state index contributed by atoms with van der Waals surface area (Å²) >= 11 is 6.04. The van der Waals surface area contributed by atoms with Crippen LogP contribution in [-0.2, 0) is 4.79 Å². The molecule has 3 aromatic rings. The molecule has 0 aliphatic carbocycles. The first-order valence-corrected chi connectivity index (χ1v) is 9.93. The highest BCUT2D eigenvalue weighted by molar-refractivity contribution is 6.30. The summed E-state index contributed by atoms with van der Waals surface area (Å²) < 4.78 is 10.6. The molecule has 1 aliphatic heterocycles. The molecule has 6 heteroatoms. The van der Waals surface area contributed by atoms with E-state index in [2.05, 4.69) is 0 Å². The van der Waals surface area contributed by atoms with E-state index in [1.54, 1.807) is 74.9 Å². The lowest BCUT2D eigenvalue weighted by Gasteiger charge is -2.21. The molecular weight excluding hydrogens is 414 g/mol. The van der Waals surface area contributed by atoms with Gasteiger partial charge in [-0.1, -0.05) is 41.9 Å². The van der Waals surface area contributed by atoms with E-state index < -0.39 is 0 Å². The standard InChI is InChI=1S/C25H20ClNO4/c1-30-23-12-7-16(14-24(23)31-2)13-18-15-21(17-8-10-19(26)11-9-17)27(25(18)29)20-5-3-4-6-22(20)28/h3-15,28H,1-2H3/b18-13+. The predicted molar refractivity (Wildman–Crippen MR) is 123 cm³/mol. The lowest BCUT2D eigenvalue weighted by atomic mass is 10.1. The van der Waals surface area contributed by atoms with Crippen LogP contribution in [0.3, 0.4) is 0 Å². The van der Waals surface area contributed by atoms with Crippen molar-refractivity contribution in [2.24, 2.45) is 0 Å². The highest BCUT2D eigenvalue weighted by Crippen LogP contribution is 2.39. The third-order valence-electron chi connectivity index (χ3n) is 4.98. The number of phenols is 1. The number of methoxy groups -OCH3 is 2. The fraction of sp³-hybridized carbons (Fsp3) is 0.0800. The Hall–Kier alpha value is -3.70. The Balaban J connectivity index is 1.82. The number of aromatic hydroxyl groups is 1. The van der Waals surface area contributed by atoms with E-state index in [1.807, 2.05) is 18.2 Å².